The van der Waals surface area contributed by atoms with Gasteiger partial charge in [-0.15, -0.1) is 0 Å². The van der Waals surface area contributed by atoms with Crippen LogP contribution in [-0.4, -0.2) is 21.2 Å². The maximum Gasteiger partial charge on any atom is 0.266 e. The van der Waals surface area contributed by atoms with Gasteiger partial charge < -0.3 is 5.32 Å². The fraction of sp³-hybridized carbons (Fsp3) is 0.0455. The first-order valence-corrected chi connectivity index (χ1v) is 10.4. The Balaban J connectivity index is 1.69. The van der Waals surface area contributed by atoms with Crippen LogP contribution in [0.1, 0.15) is 0 Å². The average Bonchev–Trinajstić information content (AvgIpc) is 2.75. The largest absolute Gasteiger partial charge is 0.325 e. The fourth-order valence-electron chi connectivity index (χ4n) is 2.94. The smallest absolute Gasteiger partial charge is 0.266 e. The van der Waals surface area contributed by atoms with Gasteiger partial charge in [-0.3, -0.25) is 14.2 Å². The van der Waals surface area contributed by atoms with Crippen LogP contribution in [0.4, 0.5) is 14.5 Å². The summed E-state index contributed by atoms with van der Waals surface area (Å²) in [5, 5.41) is 3.64. The van der Waals surface area contributed by atoms with Crippen molar-refractivity contribution in [2.75, 3.05) is 11.1 Å². The molecule has 31 heavy (non-hydrogen) atoms. The van der Waals surface area contributed by atoms with E-state index in [2.05, 4.69) is 10.3 Å². The summed E-state index contributed by atoms with van der Waals surface area (Å²) in [6, 6.07) is 16.1. The molecule has 0 aliphatic rings. The third kappa shape index (κ3) is 4.60. The number of benzene rings is 3. The normalized spacial score (nSPS) is 10.9. The highest BCUT2D eigenvalue weighted by Crippen LogP contribution is 2.24. The monoisotopic (exact) mass is 457 g/mol. The first-order valence-electron chi connectivity index (χ1n) is 9.08. The van der Waals surface area contributed by atoms with Crippen LogP contribution in [-0.2, 0) is 4.79 Å². The van der Waals surface area contributed by atoms with Gasteiger partial charge in [0.05, 0.1) is 22.3 Å². The maximum absolute atomic E-state index is 14.5. The summed E-state index contributed by atoms with van der Waals surface area (Å²) in [7, 11) is 0. The zero-order valence-electron chi connectivity index (χ0n) is 15.8. The molecule has 0 unspecified atom stereocenters. The van der Waals surface area contributed by atoms with Gasteiger partial charge in [-0.05, 0) is 48.5 Å². The van der Waals surface area contributed by atoms with E-state index in [4.69, 9.17) is 11.6 Å². The van der Waals surface area contributed by atoms with E-state index in [-0.39, 0.29) is 27.9 Å². The van der Waals surface area contributed by atoms with Crippen molar-refractivity contribution < 1.29 is 13.6 Å². The number of carbonyl (C=O) groups is 1. The molecule has 3 aromatic carbocycles. The Morgan fingerprint density at radius 2 is 1.81 bits per heavy atom. The molecule has 1 amide bonds. The second-order valence-corrected chi connectivity index (χ2v) is 7.87. The number of rotatable bonds is 5. The zero-order valence-corrected chi connectivity index (χ0v) is 17.4. The van der Waals surface area contributed by atoms with Gasteiger partial charge in [-0.25, -0.2) is 13.8 Å². The minimum absolute atomic E-state index is 0.0871. The molecular formula is C22H14ClF2N3O2S. The highest BCUT2D eigenvalue weighted by atomic mass is 35.5. The SMILES string of the molecule is O=C(CSc1nc2ccccc2c(=O)n1-c1ccc(F)cc1F)Nc1ccc(Cl)cc1. The van der Waals surface area contributed by atoms with Crippen LogP contribution in [0.25, 0.3) is 16.6 Å². The molecular weight excluding hydrogens is 444 g/mol. The van der Waals surface area contributed by atoms with Crippen LogP contribution in [0.3, 0.4) is 0 Å². The molecule has 0 aliphatic carbocycles. The maximum atomic E-state index is 14.5. The van der Waals surface area contributed by atoms with Crippen molar-refractivity contribution in [3.63, 3.8) is 0 Å². The van der Waals surface area contributed by atoms with Crippen LogP contribution in [0.5, 0.6) is 0 Å². The first kappa shape index (κ1) is 21.0. The highest BCUT2D eigenvalue weighted by molar-refractivity contribution is 7.99. The number of halogens is 3. The third-order valence-electron chi connectivity index (χ3n) is 4.36. The minimum atomic E-state index is -0.911. The summed E-state index contributed by atoms with van der Waals surface area (Å²) in [6.45, 7) is 0. The topological polar surface area (TPSA) is 64.0 Å². The Morgan fingerprint density at radius 1 is 1.06 bits per heavy atom. The molecule has 0 spiro atoms. The lowest BCUT2D eigenvalue weighted by Gasteiger charge is -2.14. The van der Waals surface area contributed by atoms with E-state index in [0.717, 1.165) is 22.4 Å². The molecule has 1 N–H and O–H groups in total. The third-order valence-corrected chi connectivity index (χ3v) is 5.55. The van der Waals surface area contributed by atoms with Gasteiger partial charge in [0.25, 0.3) is 5.56 Å². The predicted octanol–water partition coefficient (Wildman–Crippen LogP) is 5.05. The highest BCUT2D eigenvalue weighted by Gasteiger charge is 2.17. The summed E-state index contributed by atoms with van der Waals surface area (Å²) in [5.74, 6) is -2.11. The van der Waals surface area contributed by atoms with Crippen molar-refractivity contribution in [2.45, 2.75) is 5.16 Å². The minimum Gasteiger partial charge on any atom is -0.325 e. The lowest BCUT2D eigenvalue weighted by molar-refractivity contribution is -0.113. The van der Waals surface area contributed by atoms with Gasteiger partial charge in [0.15, 0.2) is 5.16 Å². The van der Waals surface area contributed by atoms with E-state index < -0.39 is 17.2 Å². The summed E-state index contributed by atoms with van der Waals surface area (Å²) in [4.78, 5) is 29.9. The molecule has 4 rings (SSSR count). The van der Waals surface area contributed by atoms with Gasteiger partial charge in [0, 0.05) is 16.8 Å². The summed E-state index contributed by atoms with van der Waals surface area (Å²) >= 11 is 6.81. The van der Waals surface area contributed by atoms with Crippen molar-refractivity contribution in [3.8, 4) is 5.69 Å². The Kier molecular flexibility index (Phi) is 6.01. The average molecular weight is 458 g/mol. The number of hydrogen-bond donors (Lipinski definition) is 1. The van der Waals surface area contributed by atoms with Crippen LogP contribution in [0, 0.1) is 11.6 Å². The number of aromatic nitrogens is 2. The molecule has 4 aromatic rings. The molecule has 0 fully saturated rings. The number of nitrogens with one attached hydrogen (secondary N) is 1. The molecule has 0 radical (unpaired) electrons. The molecule has 9 heteroatoms. The lowest BCUT2D eigenvalue weighted by Crippen LogP contribution is -2.23. The van der Waals surface area contributed by atoms with E-state index >= 15 is 0 Å². The number of hydrogen-bond acceptors (Lipinski definition) is 4. The lowest BCUT2D eigenvalue weighted by atomic mass is 10.2. The van der Waals surface area contributed by atoms with E-state index in [1.807, 2.05) is 0 Å². The Hall–Kier alpha value is -3.23. The molecule has 0 aliphatic heterocycles. The van der Waals surface area contributed by atoms with Crippen molar-refractivity contribution >= 4 is 45.9 Å². The first-order chi connectivity index (χ1) is 14.9. The van der Waals surface area contributed by atoms with Gasteiger partial charge in [0.2, 0.25) is 5.91 Å². The van der Waals surface area contributed by atoms with Gasteiger partial charge in [-0.1, -0.05) is 35.5 Å². The van der Waals surface area contributed by atoms with Gasteiger partial charge in [-0.2, -0.15) is 0 Å². The van der Waals surface area contributed by atoms with Crippen LogP contribution in [0.15, 0.2) is 76.7 Å². The summed E-state index contributed by atoms with van der Waals surface area (Å²) in [5.41, 5.74) is 0.303. The number of nitrogens with zero attached hydrogens (tertiary/aromatic N) is 2. The second kappa shape index (κ2) is 8.87. The molecule has 0 atom stereocenters. The molecule has 5 nitrogen and oxygen atoms in total. The molecule has 0 saturated heterocycles. The molecule has 0 bridgehead atoms. The summed E-state index contributed by atoms with van der Waals surface area (Å²) in [6.07, 6.45) is 0. The van der Waals surface area contributed by atoms with Gasteiger partial charge >= 0.3 is 0 Å². The Morgan fingerprint density at radius 3 is 2.55 bits per heavy atom. The van der Waals surface area contributed by atoms with Crippen LogP contribution < -0.4 is 10.9 Å². The predicted molar refractivity (Wildman–Crippen MR) is 118 cm³/mol. The van der Waals surface area contributed by atoms with Gasteiger partial charge in [0.1, 0.15) is 11.6 Å². The number of anilines is 1. The number of carbonyl (C=O) groups excluding carboxylic acids is 1. The Bertz CT molecular complexity index is 1340. The van der Waals surface area contributed by atoms with E-state index in [1.165, 1.54) is 6.07 Å². The second-order valence-electron chi connectivity index (χ2n) is 6.49. The fourth-order valence-corrected chi connectivity index (χ4v) is 3.88. The van der Waals surface area contributed by atoms with E-state index in [0.29, 0.717) is 22.3 Å². The summed E-state index contributed by atoms with van der Waals surface area (Å²) < 4.78 is 28.9. The zero-order chi connectivity index (χ0) is 22.0. The van der Waals surface area contributed by atoms with Crippen molar-refractivity contribution in [2.24, 2.45) is 0 Å². The van der Waals surface area contributed by atoms with E-state index in [9.17, 15) is 18.4 Å². The number of fused-ring (bicyclic) bond motifs is 1. The molecule has 0 saturated carbocycles. The van der Waals surface area contributed by atoms with Crippen LogP contribution in [0.2, 0.25) is 5.02 Å². The molecule has 156 valence electrons. The van der Waals surface area contributed by atoms with Crippen molar-refractivity contribution in [1.82, 2.24) is 9.55 Å². The number of thioether (sulfide) groups is 1. The molecule has 1 heterocycles. The van der Waals surface area contributed by atoms with E-state index in [1.54, 1.807) is 48.5 Å². The quantitative estimate of drug-likeness (QED) is 0.336. The number of para-hydroxylation sites is 1. The molecule has 1 aromatic heterocycles. The standard InChI is InChI=1S/C22H14ClF2N3O2S/c23-13-5-8-15(9-6-13)26-20(29)12-31-22-27-18-4-2-1-3-16(18)21(30)28(22)19-10-7-14(24)11-17(19)25/h1-11H,12H2,(H,26,29). The van der Waals surface area contributed by atoms with Crippen molar-refractivity contribution in [1.29, 1.82) is 0 Å². The van der Waals surface area contributed by atoms with Crippen LogP contribution >= 0.6 is 23.4 Å². The Labute approximate surface area is 184 Å². The van der Waals surface area contributed by atoms with Crippen molar-refractivity contribution in [3.05, 3.63) is 93.7 Å². The number of amides is 1.